The van der Waals surface area contributed by atoms with Crippen molar-refractivity contribution < 1.29 is 13.6 Å². The topological polar surface area (TPSA) is 49.3 Å². The molecule has 1 saturated heterocycles. The molecule has 9 heteroatoms. The van der Waals surface area contributed by atoms with Gasteiger partial charge in [-0.1, -0.05) is 23.2 Å². The molecule has 1 aliphatic carbocycles. The Morgan fingerprint density at radius 1 is 1.11 bits per heavy atom. The van der Waals surface area contributed by atoms with E-state index in [0.717, 1.165) is 12.8 Å². The van der Waals surface area contributed by atoms with Crippen molar-refractivity contribution in [3.8, 4) is 0 Å². The van der Waals surface area contributed by atoms with Crippen molar-refractivity contribution in [3.05, 3.63) is 51.1 Å². The van der Waals surface area contributed by atoms with Crippen LogP contribution >= 0.6 is 23.2 Å². The highest BCUT2D eigenvalue weighted by Gasteiger charge is 2.31. The van der Waals surface area contributed by atoms with Crippen LogP contribution in [0.15, 0.2) is 18.2 Å². The lowest BCUT2D eigenvalue weighted by Crippen LogP contribution is -2.49. The van der Waals surface area contributed by atoms with Crippen LogP contribution in [0.3, 0.4) is 0 Å². The van der Waals surface area contributed by atoms with Crippen molar-refractivity contribution in [2.45, 2.75) is 25.2 Å². The van der Waals surface area contributed by atoms with Crippen LogP contribution in [0, 0.1) is 11.6 Å². The van der Waals surface area contributed by atoms with Crippen LogP contribution in [-0.2, 0) is 11.2 Å². The summed E-state index contributed by atoms with van der Waals surface area (Å²) in [5.41, 5.74) is 0.246. The van der Waals surface area contributed by atoms with Gasteiger partial charge >= 0.3 is 0 Å². The molecule has 0 unspecified atom stereocenters. The highest BCUT2D eigenvalue weighted by Crippen LogP contribution is 2.44. The van der Waals surface area contributed by atoms with E-state index in [1.807, 2.05) is 4.90 Å². The van der Waals surface area contributed by atoms with Gasteiger partial charge in [0.25, 0.3) is 0 Å². The predicted molar refractivity (Wildman–Crippen MR) is 103 cm³/mol. The zero-order chi connectivity index (χ0) is 19.8. The molecule has 0 bridgehead atoms. The summed E-state index contributed by atoms with van der Waals surface area (Å²) in [5, 5.41) is 8.10. The first-order valence-corrected chi connectivity index (χ1v) is 9.88. The number of hydrogen-bond acceptors (Lipinski definition) is 4. The van der Waals surface area contributed by atoms with Crippen LogP contribution in [0.1, 0.15) is 29.9 Å². The van der Waals surface area contributed by atoms with Gasteiger partial charge in [0.2, 0.25) is 5.91 Å². The van der Waals surface area contributed by atoms with E-state index in [0.29, 0.717) is 42.7 Å². The number of benzene rings is 1. The molecule has 1 saturated carbocycles. The molecule has 5 nitrogen and oxygen atoms in total. The van der Waals surface area contributed by atoms with Gasteiger partial charge < -0.3 is 9.80 Å². The lowest BCUT2D eigenvalue weighted by atomic mass is 10.0. The second kappa shape index (κ2) is 7.79. The molecule has 1 aromatic heterocycles. The summed E-state index contributed by atoms with van der Waals surface area (Å²) in [5.74, 6) is -1.03. The van der Waals surface area contributed by atoms with E-state index in [2.05, 4.69) is 10.2 Å². The minimum atomic E-state index is -0.813. The Bertz CT molecular complexity index is 898. The lowest BCUT2D eigenvalue weighted by Gasteiger charge is -2.35. The molecular formula is C19H18Cl2F2N4O. The first kappa shape index (κ1) is 19.3. The molecule has 28 heavy (non-hydrogen) atoms. The Hall–Kier alpha value is -1.99. The van der Waals surface area contributed by atoms with E-state index in [9.17, 15) is 13.6 Å². The number of piperazine rings is 1. The van der Waals surface area contributed by atoms with Gasteiger partial charge in [-0.3, -0.25) is 4.79 Å². The second-order valence-electron chi connectivity index (χ2n) is 7.09. The molecule has 4 rings (SSSR count). The van der Waals surface area contributed by atoms with Crippen LogP contribution in [0.4, 0.5) is 14.6 Å². The number of amides is 1. The molecule has 2 aromatic rings. The van der Waals surface area contributed by atoms with Crippen LogP contribution in [0.2, 0.25) is 10.2 Å². The van der Waals surface area contributed by atoms with E-state index in [1.54, 1.807) is 17.0 Å². The van der Waals surface area contributed by atoms with Gasteiger partial charge in [-0.05, 0) is 42.5 Å². The van der Waals surface area contributed by atoms with E-state index >= 15 is 0 Å². The molecule has 148 valence electrons. The van der Waals surface area contributed by atoms with E-state index in [4.69, 9.17) is 23.2 Å². The summed E-state index contributed by atoms with van der Waals surface area (Å²) in [6.45, 7) is 1.96. The summed E-state index contributed by atoms with van der Waals surface area (Å²) >= 11 is 11.8. The largest absolute Gasteiger partial charge is 0.352 e. The van der Waals surface area contributed by atoms with Gasteiger partial charge in [0.05, 0.1) is 11.4 Å². The van der Waals surface area contributed by atoms with Crippen molar-refractivity contribution >= 4 is 34.9 Å². The molecule has 2 heterocycles. The maximum atomic E-state index is 14.6. The molecule has 0 radical (unpaired) electrons. The average molecular weight is 427 g/mol. The molecule has 0 atom stereocenters. The number of carbonyl (C=O) groups excluding carboxylic acids is 1. The van der Waals surface area contributed by atoms with Crippen LogP contribution in [0.5, 0.6) is 0 Å². The summed E-state index contributed by atoms with van der Waals surface area (Å²) < 4.78 is 29.0. The number of halogens is 4. The van der Waals surface area contributed by atoms with Crippen molar-refractivity contribution in [2.75, 3.05) is 31.1 Å². The Morgan fingerprint density at radius 3 is 2.43 bits per heavy atom. The lowest BCUT2D eigenvalue weighted by molar-refractivity contribution is -0.130. The second-order valence-corrected chi connectivity index (χ2v) is 7.85. The smallest absolute Gasteiger partial charge is 0.227 e. The van der Waals surface area contributed by atoms with Crippen LogP contribution in [0.25, 0.3) is 0 Å². The van der Waals surface area contributed by atoms with Gasteiger partial charge in [-0.15, -0.1) is 10.2 Å². The number of aromatic nitrogens is 2. The number of carbonyl (C=O) groups is 1. The number of anilines is 1. The van der Waals surface area contributed by atoms with Gasteiger partial charge in [0.1, 0.15) is 11.6 Å². The molecular weight excluding hydrogens is 409 g/mol. The first-order chi connectivity index (χ1) is 13.4. The van der Waals surface area contributed by atoms with Gasteiger partial charge in [0, 0.05) is 31.7 Å². The quantitative estimate of drug-likeness (QED) is 0.697. The maximum absolute atomic E-state index is 14.6. The van der Waals surface area contributed by atoms with Gasteiger partial charge in [0.15, 0.2) is 11.0 Å². The fourth-order valence-corrected chi connectivity index (χ4v) is 3.85. The standard InChI is InChI=1S/C19H18Cl2F2N4O/c20-15-3-4-16(25-24-15)26-5-7-27(8-6-26)17(28)10-13-14(22)9-12(11-1-2-11)18(21)19(13)23/h3-4,9,11H,1-2,5-8,10H2. The molecule has 0 N–H and O–H groups in total. The third-order valence-corrected chi connectivity index (χ3v) is 5.79. The highest BCUT2D eigenvalue weighted by atomic mass is 35.5. The van der Waals surface area contributed by atoms with Crippen molar-refractivity contribution in [1.29, 1.82) is 0 Å². The average Bonchev–Trinajstić information content (AvgIpc) is 3.54. The fraction of sp³-hybridized carbons (Fsp3) is 0.421. The Kier molecular flexibility index (Phi) is 5.38. The van der Waals surface area contributed by atoms with Crippen molar-refractivity contribution in [2.24, 2.45) is 0 Å². The van der Waals surface area contributed by atoms with Gasteiger partial charge in [-0.25, -0.2) is 8.78 Å². The van der Waals surface area contributed by atoms with E-state index < -0.39 is 11.6 Å². The van der Waals surface area contributed by atoms with Crippen LogP contribution in [-0.4, -0.2) is 47.2 Å². The van der Waals surface area contributed by atoms with Crippen LogP contribution < -0.4 is 4.90 Å². The summed E-state index contributed by atoms with van der Waals surface area (Å²) in [6, 6.07) is 4.70. The van der Waals surface area contributed by atoms with Gasteiger partial charge in [-0.2, -0.15) is 0 Å². The third-order valence-electron chi connectivity index (χ3n) is 5.20. The number of hydrogen-bond donors (Lipinski definition) is 0. The highest BCUT2D eigenvalue weighted by molar-refractivity contribution is 6.31. The summed E-state index contributed by atoms with van der Waals surface area (Å²) in [7, 11) is 0. The SMILES string of the molecule is O=C(Cc1c(F)cc(C2CC2)c(Cl)c1F)N1CCN(c2ccc(Cl)nn2)CC1. The molecule has 1 aromatic carbocycles. The minimum absolute atomic E-state index is 0.0576. The van der Waals surface area contributed by atoms with Crippen molar-refractivity contribution in [1.82, 2.24) is 15.1 Å². The predicted octanol–water partition coefficient (Wildman–Crippen LogP) is 3.83. The zero-order valence-electron chi connectivity index (χ0n) is 15.0. The zero-order valence-corrected chi connectivity index (χ0v) is 16.5. The fourth-order valence-electron chi connectivity index (χ4n) is 3.43. The Morgan fingerprint density at radius 2 is 1.82 bits per heavy atom. The molecule has 1 aliphatic heterocycles. The normalized spacial score (nSPS) is 17.1. The summed E-state index contributed by atoms with van der Waals surface area (Å²) in [6.07, 6.45) is 1.43. The first-order valence-electron chi connectivity index (χ1n) is 9.12. The third kappa shape index (κ3) is 3.91. The minimum Gasteiger partial charge on any atom is -0.352 e. The molecule has 2 fully saturated rings. The monoisotopic (exact) mass is 426 g/mol. The molecule has 2 aliphatic rings. The maximum Gasteiger partial charge on any atom is 0.227 e. The Balaban J connectivity index is 1.41. The number of nitrogens with zero attached hydrogens (tertiary/aromatic N) is 4. The van der Waals surface area contributed by atoms with E-state index in [1.165, 1.54) is 6.07 Å². The summed E-state index contributed by atoms with van der Waals surface area (Å²) in [4.78, 5) is 16.2. The van der Waals surface area contributed by atoms with E-state index in [-0.39, 0.29) is 28.8 Å². The Labute approximate surface area is 171 Å². The molecule has 1 amide bonds. The number of rotatable bonds is 4. The van der Waals surface area contributed by atoms with Crippen molar-refractivity contribution in [3.63, 3.8) is 0 Å². The molecule has 0 spiro atoms.